The molecule has 0 fully saturated rings. The van der Waals surface area contributed by atoms with Gasteiger partial charge in [0.2, 0.25) is 0 Å². The highest BCUT2D eigenvalue weighted by molar-refractivity contribution is 7.03. The number of aliphatic hydroxyl groups excluding tert-OH is 1. The van der Waals surface area contributed by atoms with Crippen molar-refractivity contribution in [2.75, 3.05) is 0 Å². The SMILES string of the molecule is C=CCC(O)c1ccsn1. The average molecular weight is 155 g/mol. The molecule has 0 aliphatic carbocycles. The van der Waals surface area contributed by atoms with Gasteiger partial charge in [0.1, 0.15) is 6.10 Å². The number of hydrogen-bond acceptors (Lipinski definition) is 3. The third-order valence-corrected chi connectivity index (χ3v) is 1.76. The molecule has 0 saturated carbocycles. The molecule has 0 amide bonds. The van der Waals surface area contributed by atoms with E-state index in [-0.39, 0.29) is 0 Å². The Hall–Kier alpha value is -0.670. The zero-order chi connectivity index (χ0) is 7.40. The normalized spacial score (nSPS) is 12.9. The third kappa shape index (κ3) is 1.65. The number of rotatable bonds is 3. The zero-order valence-corrected chi connectivity index (χ0v) is 6.34. The van der Waals surface area contributed by atoms with Gasteiger partial charge < -0.3 is 5.11 Å². The van der Waals surface area contributed by atoms with Gasteiger partial charge in [0.15, 0.2) is 0 Å². The maximum atomic E-state index is 9.28. The van der Waals surface area contributed by atoms with E-state index in [0.717, 1.165) is 5.69 Å². The molecule has 1 aromatic rings. The zero-order valence-electron chi connectivity index (χ0n) is 5.53. The predicted molar refractivity (Wildman–Crippen MR) is 41.9 cm³/mol. The van der Waals surface area contributed by atoms with E-state index < -0.39 is 6.10 Å². The van der Waals surface area contributed by atoms with Gasteiger partial charge >= 0.3 is 0 Å². The molecule has 1 heterocycles. The van der Waals surface area contributed by atoms with E-state index in [4.69, 9.17) is 0 Å². The largest absolute Gasteiger partial charge is 0.386 e. The molecule has 54 valence electrons. The topological polar surface area (TPSA) is 33.1 Å². The van der Waals surface area contributed by atoms with Crippen molar-refractivity contribution in [1.29, 1.82) is 0 Å². The van der Waals surface area contributed by atoms with Gasteiger partial charge in [0.25, 0.3) is 0 Å². The van der Waals surface area contributed by atoms with Gasteiger partial charge in [-0.15, -0.1) is 6.58 Å². The van der Waals surface area contributed by atoms with Crippen molar-refractivity contribution in [3.8, 4) is 0 Å². The third-order valence-electron chi connectivity index (χ3n) is 1.19. The van der Waals surface area contributed by atoms with E-state index in [1.54, 1.807) is 6.08 Å². The van der Waals surface area contributed by atoms with Gasteiger partial charge in [-0.05, 0) is 24.0 Å². The lowest BCUT2D eigenvalue weighted by molar-refractivity contribution is 0.178. The molecule has 0 saturated heterocycles. The van der Waals surface area contributed by atoms with Crippen LogP contribution in [0.1, 0.15) is 18.2 Å². The Kier molecular flexibility index (Phi) is 2.59. The van der Waals surface area contributed by atoms with Crippen molar-refractivity contribution in [3.05, 3.63) is 29.8 Å². The molecule has 10 heavy (non-hydrogen) atoms. The molecule has 0 spiro atoms. The maximum Gasteiger partial charge on any atom is 0.100 e. The minimum Gasteiger partial charge on any atom is -0.386 e. The molecule has 0 radical (unpaired) electrons. The highest BCUT2D eigenvalue weighted by atomic mass is 32.1. The molecule has 1 aromatic heterocycles. The van der Waals surface area contributed by atoms with E-state index in [0.29, 0.717) is 6.42 Å². The molecular weight excluding hydrogens is 146 g/mol. The first-order chi connectivity index (χ1) is 4.84. The fraction of sp³-hybridized carbons (Fsp3) is 0.286. The van der Waals surface area contributed by atoms with Crippen molar-refractivity contribution in [1.82, 2.24) is 4.37 Å². The van der Waals surface area contributed by atoms with Crippen LogP contribution in [0.2, 0.25) is 0 Å². The second kappa shape index (κ2) is 3.49. The van der Waals surface area contributed by atoms with Crippen LogP contribution < -0.4 is 0 Å². The molecule has 0 aromatic carbocycles. The van der Waals surface area contributed by atoms with Crippen molar-refractivity contribution in [2.24, 2.45) is 0 Å². The Balaban J connectivity index is 2.58. The summed E-state index contributed by atoms with van der Waals surface area (Å²) in [6.07, 6.45) is 1.79. The van der Waals surface area contributed by atoms with Gasteiger partial charge in [-0.3, -0.25) is 0 Å². The molecule has 1 unspecified atom stereocenters. The number of nitrogens with zero attached hydrogens (tertiary/aromatic N) is 1. The van der Waals surface area contributed by atoms with Crippen LogP contribution in [0, 0.1) is 0 Å². The van der Waals surface area contributed by atoms with E-state index >= 15 is 0 Å². The van der Waals surface area contributed by atoms with Crippen LogP contribution in [-0.4, -0.2) is 9.48 Å². The fourth-order valence-electron chi connectivity index (χ4n) is 0.672. The van der Waals surface area contributed by atoms with Crippen LogP contribution >= 0.6 is 11.5 Å². The lowest BCUT2D eigenvalue weighted by atomic mass is 10.2. The van der Waals surface area contributed by atoms with Gasteiger partial charge in [0.05, 0.1) is 5.69 Å². The van der Waals surface area contributed by atoms with Crippen molar-refractivity contribution in [2.45, 2.75) is 12.5 Å². The first-order valence-electron chi connectivity index (χ1n) is 3.04. The lowest BCUT2D eigenvalue weighted by Crippen LogP contribution is -1.94. The van der Waals surface area contributed by atoms with Crippen LogP contribution in [-0.2, 0) is 0 Å². The number of aromatic nitrogens is 1. The summed E-state index contributed by atoms with van der Waals surface area (Å²) in [4.78, 5) is 0. The second-order valence-corrected chi connectivity index (χ2v) is 2.63. The van der Waals surface area contributed by atoms with Crippen molar-refractivity contribution < 1.29 is 5.11 Å². The fourth-order valence-corrected chi connectivity index (χ4v) is 1.24. The summed E-state index contributed by atoms with van der Waals surface area (Å²) >= 11 is 1.35. The van der Waals surface area contributed by atoms with Gasteiger partial charge in [-0.25, -0.2) is 0 Å². The summed E-state index contributed by atoms with van der Waals surface area (Å²) in [7, 11) is 0. The standard InChI is InChI=1S/C7H9NOS/c1-2-3-7(9)6-4-5-10-8-6/h2,4-5,7,9H,1,3H2. The smallest absolute Gasteiger partial charge is 0.100 e. The molecule has 0 aliphatic heterocycles. The highest BCUT2D eigenvalue weighted by Gasteiger charge is 2.05. The monoisotopic (exact) mass is 155 g/mol. The summed E-state index contributed by atoms with van der Waals surface area (Å²) in [6.45, 7) is 3.53. The second-order valence-electron chi connectivity index (χ2n) is 1.96. The van der Waals surface area contributed by atoms with E-state index in [2.05, 4.69) is 11.0 Å². The summed E-state index contributed by atoms with van der Waals surface area (Å²) < 4.78 is 3.98. The maximum absolute atomic E-state index is 9.28. The predicted octanol–water partition coefficient (Wildman–Crippen LogP) is 1.75. The summed E-state index contributed by atoms with van der Waals surface area (Å²) in [5.74, 6) is 0. The van der Waals surface area contributed by atoms with Crippen LogP contribution in [0.25, 0.3) is 0 Å². The van der Waals surface area contributed by atoms with Crippen molar-refractivity contribution >= 4 is 11.5 Å². The molecule has 0 aliphatic rings. The minimum absolute atomic E-state index is 0.469. The van der Waals surface area contributed by atoms with Crippen molar-refractivity contribution in [3.63, 3.8) is 0 Å². The first kappa shape index (κ1) is 7.44. The van der Waals surface area contributed by atoms with Crippen LogP contribution in [0.5, 0.6) is 0 Å². The Morgan fingerprint density at radius 3 is 3.20 bits per heavy atom. The molecule has 1 N–H and O–H groups in total. The summed E-state index contributed by atoms with van der Waals surface area (Å²) in [5, 5.41) is 11.1. The summed E-state index contributed by atoms with van der Waals surface area (Å²) in [5.41, 5.74) is 0.741. The highest BCUT2D eigenvalue weighted by Crippen LogP contribution is 2.15. The lowest BCUT2D eigenvalue weighted by Gasteiger charge is -2.01. The number of aliphatic hydroxyl groups is 1. The number of hydrogen-bond donors (Lipinski definition) is 1. The average Bonchev–Trinajstić information content (AvgIpc) is 2.38. The molecular formula is C7H9NOS. The van der Waals surface area contributed by atoms with Gasteiger partial charge in [-0.1, -0.05) is 6.08 Å². The quantitative estimate of drug-likeness (QED) is 0.674. The van der Waals surface area contributed by atoms with Gasteiger partial charge in [0, 0.05) is 5.38 Å². The van der Waals surface area contributed by atoms with E-state index in [9.17, 15) is 5.11 Å². The molecule has 3 heteroatoms. The van der Waals surface area contributed by atoms with Crippen LogP contribution in [0.4, 0.5) is 0 Å². The van der Waals surface area contributed by atoms with Crippen LogP contribution in [0.15, 0.2) is 24.1 Å². The molecule has 0 bridgehead atoms. The molecule has 2 nitrogen and oxygen atoms in total. The van der Waals surface area contributed by atoms with Gasteiger partial charge in [-0.2, -0.15) is 4.37 Å². The van der Waals surface area contributed by atoms with E-state index in [1.165, 1.54) is 11.5 Å². The van der Waals surface area contributed by atoms with Crippen LogP contribution in [0.3, 0.4) is 0 Å². The Labute approximate surface area is 64.0 Å². The minimum atomic E-state index is -0.469. The Bertz CT molecular complexity index is 195. The Morgan fingerprint density at radius 2 is 2.70 bits per heavy atom. The molecule has 1 rings (SSSR count). The first-order valence-corrected chi connectivity index (χ1v) is 3.87. The summed E-state index contributed by atoms with van der Waals surface area (Å²) in [6, 6.07) is 1.82. The molecule has 1 atom stereocenters. The Morgan fingerprint density at radius 1 is 1.90 bits per heavy atom. The van der Waals surface area contributed by atoms with E-state index in [1.807, 2.05) is 11.4 Å².